The number of nitrogens with two attached hydrogens (primary N) is 1. The highest BCUT2D eigenvalue weighted by Crippen LogP contribution is 2.50. The van der Waals surface area contributed by atoms with Gasteiger partial charge in [-0.05, 0) is 68.8 Å². The molecule has 8 rings (SSSR count). The molecular weight excluding hydrogens is 650 g/mol. The largest absolute Gasteiger partial charge is 0.475 e. The van der Waals surface area contributed by atoms with Crippen LogP contribution in [0.2, 0.25) is 5.02 Å². The summed E-state index contributed by atoms with van der Waals surface area (Å²) in [6.07, 6.45) is 1.44. The molecule has 1 saturated carbocycles. The fraction of sp³-hybridized carbons (Fsp3) is 0.471. The van der Waals surface area contributed by atoms with E-state index in [0.717, 1.165) is 37.8 Å². The number of pyridine rings is 2. The van der Waals surface area contributed by atoms with Gasteiger partial charge in [0, 0.05) is 40.9 Å². The molecule has 3 fully saturated rings. The molecule has 0 spiro atoms. The standard InChI is InChI=1S/C34H34ClF4N7O2/c1-17(21-4-2-8-41-30(21)40)46-10-11-47-32-25-28(43-33(44-31(25)46)48-16-34-7-3-9-45(34)15-20(36)14-34)26(37)27(42-32)22-12-19(29(38)39)13-23(35)24(22)18-5-6-18/h2,4,8,12-13,17-18,20,29H,3,5-7,9-11,14-16H2,1H3,(H2,40,41)/t17?,20-,34+/m1/s1. The van der Waals surface area contributed by atoms with Crippen LogP contribution in [0.5, 0.6) is 11.9 Å². The molecule has 3 aliphatic heterocycles. The number of hydrogen-bond acceptors (Lipinski definition) is 9. The third-order valence-corrected chi connectivity index (χ3v) is 10.5. The summed E-state index contributed by atoms with van der Waals surface area (Å²) in [5, 5.41) is 0.354. The Bertz CT molecular complexity index is 1910. The molecule has 0 radical (unpaired) electrons. The van der Waals surface area contributed by atoms with Crippen molar-refractivity contribution in [1.29, 1.82) is 0 Å². The Labute approximate surface area is 279 Å². The SMILES string of the molecule is CC(c1cccnc1N)N1CCOc2nc(-c3cc(C(F)F)cc(Cl)c3C3CC3)c(F)c3nc(OC[C@@]45CCCN4C[C@H](F)C5)nc1c23. The van der Waals surface area contributed by atoms with Gasteiger partial charge in [-0.15, -0.1) is 0 Å². The van der Waals surface area contributed by atoms with Crippen LogP contribution in [0.15, 0.2) is 30.5 Å². The van der Waals surface area contributed by atoms with Crippen molar-refractivity contribution >= 4 is 34.1 Å². The topological polar surface area (TPSA) is 103 Å². The van der Waals surface area contributed by atoms with Crippen molar-refractivity contribution in [2.24, 2.45) is 0 Å². The zero-order valence-electron chi connectivity index (χ0n) is 26.2. The van der Waals surface area contributed by atoms with Gasteiger partial charge in [-0.2, -0.15) is 9.97 Å². The van der Waals surface area contributed by atoms with Gasteiger partial charge in [-0.3, -0.25) is 4.90 Å². The maximum atomic E-state index is 17.0. The summed E-state index contributed by atoms with van der Waals surface area (Å²) in [7, 11) is 0. The van der Waals surface area contributed by atoms with Gasteiger partial charge in [0.1, 0.15) is 47.6 Å². The lowest BCUT2D eigenvalue weighted by atomic mass is 9.95. The molecule has 14 heteroatoms. The summed E-state index contributed by atoms with van der Waals surface area (Å²) >= 11 is 6.56. The second-order valence-electron chi connectivity index (χ2n) is 13.2. The summed E-state index contributed by atoms with van der Waals surface area (Å²) in [5.41, 5.74) is 6.60. The second-order valence-corrected chi connectivity index (χ2v) is 13.6. The summed E-state index contributed by atoms with van der Waals surface area (Å²) in [6, 6.07) is 5.66. The number of nitrogen functional groups attached to an aromatic ring is 1. The molecule has 48 heavy (non-hydrogen) atoms. The number of ether oxygens (including phenoxy) is 2. The third-order valence-electron chi connectivity index (χ3n) is 10.2. The quantitative estimate of drug-likeness (QED) is 0.193. The van der Waals surface area contributed by atoms with Crippen LogP contribution >= 0.6 is 11.6 Å². The van der Waals surface area contributed by atoms with Crippen LogP contribution in [0.25, 0.3) is 22.2 Å². The molecule has 2 saturated heterocycles. The normalized spacial score (nSPS) is 23.0. The highest BCUT2D eigenvalue weighted by atomic mass is 35.5. The van der Waals surface area contributed by atoms with Crippen LogP contribution in [0.4, 0.5) is 29.2 Å². The zero-order valence-corrected chi connectivity index (χ0v) is 27.0. The molecule has 0 bridgehead atoms. The average Bonchev–Trinajstić information content (AvgIpc) is 3.78. The Morgan fingerprint density at radius 1 is 1.19 bits per heavy atom. The Morgan fingerprint density at radius 2 is 2.02 bits per heavy atom. The molecule has 6 heterocycles. The lowest BCUT2D eigenvalue weighted by Crippen LogP contribution is -2.43. The van der Waals surface area contributed by atoms with Crippen LogP contribution in [0.1, 0.15) is 74.1 Å². The van der Waals surface area contributed by atoms with E-state index in [9.17, 15) is 13.2 Å². The first-order chi connectivity index (χ1) is 23.1. The third kappa shape index (κ3) is 5.26. The van der Waals surface area contributed by atoms with Gasteiger partial charge in [0.25, 0.3) is 6.43 Å². The van der Waals surface area contributed by atoms with Gasteiger partial charge in [-0.1, -0.05) is 17.7 Å². The molecule has 1 aliphatic carbocycles. The fourth-order valence-electron chi connectivity index (χ4n) is 7.73. The number of halogens is 5. The van der Waals surface area contributed by atoms with E-state index in [1.165, 1.54) is 12.1 Å². The zero-order chi connectivity index (χ0) is 33.3. The molecule has 3 atom stereocenters. The minimum atomic E-state index is -2.83. The molecule has 1 aromatic carbocycles. The maximum Gasteiger partial charge on any atom is 0.319 e. The van der Waals surface area contributed by atoms with Gasteiger partial charge in [0.15, 0.2) is 5.82 Å². The fourth-order valence-corrected chi connectivity index (χ4v) is 8.11. The lowest BCUT2D eigenvalue weighted by molar-refractivity contribution is 0.107. The predicted octanol–water partition coefficient (Wildman–Crippen LogP) is 7.19. The number of alkyl halides is 3. The van der Waals surface area contributed by atoms with E-state index in [-0.39, 0.29) is 69.8 Å². The van der Waals surface area contributed by atoms with Gasteiger partial charge >= 0.3 is 6.01 Å². The van der Waals surface area contributed by atoms with Crippen LogP contribution in [0.3, 0.4) is 0 Å². The van der Waals surface area contributed by atoms with E-state index in [1.54, 1.807) is 12.3 Å². The lowest BCUT2D eigenvalue weighted by Gasteiger charge is -2.32. The average molecular weight is 684 g/mol. The Morgan fingerprint density at radius 3 is 2.79 bits per heavy atom. The number of hydrogen-bond donors (Lipinski definition) is 1. The van der Waals surface area contributed by atoms with E-state index >= 15 is 4.39 Å². The van der Waals surface area contributed by atoms with Crippen LogP contribution in [-0.4, -0.2) is 69.4 Å². The Hall–Kier alpha value is -3.97. The number of nitrogens with zero attached hydrogens (tertiary/aromatic N) is 6. The van der Waals surface area contributed by atoms with Crippen LogP contribution in [0, 0.1) is 5.82 Å². The Balaban J connectivity index is 1.31. The van der Waals surface area contributed by atoms with Crippen molar-refractivity contribution in [3.05, 3.63) is 58.0 Å². The van der Waals surface area contributed by atoms with Crippen LogP contribution in [-0.2, 0) is 0 Å². The molecule has 1 unspecified atom stereocenters. The van der Waals surface area contributed by atoms with Crippen molar-refractivity contribution in [3.8, 4) is 23.1 Å². The molecule has 9 nitrogen and oxygen atoms in total. The minimum Gasteiger partial charge on any atom is -0.475 e. The van der Waals surface area contributed by atoms with Gasteiger partial charge < -0.3 is 20.1 Å². The van der Waals surface area contributed by atoms with Crippen molar-refractivity contribution in [2.45, 2.75) is 69.1 Å². The summed E-state index contributed by atoms with van der Waals surface area (Å²) in [6.45, 7) is 3.64. The van der Waals surface area contributed by atoms with E-state index in [0.29, 0.717) is 36.7 Å². The van der Waals surface area contributed by atoms with Gasteiger partial charge in [0.2, 0.25) is 5.88 Å². The molecule has 3 aromatic heterocycles. The monoisotopic (exact) mass is 683 g/mol. The van der Waals surface area contributed by atoms with Crippen molar-refractivity contribution < 1.29 is 27.0 Å². The summed E-state index contributed by atoms with van der Waals surface area (Å²) in [4.78, 5) is 22.3. The first-order valence-corrected chi connectivity index (χ1v) is 16.7. The highest BCUT2D eigenvalue weighted by molar-refractivity contribution is 6.32. The number of rotatable bonds is 8. The number of benzene rings is 1. The molecule has 0 amide bonds. The van der Waals surface area contributed by atoms with E-state index in [2.05, 4.69) is 19.9 Å². The smallest absolute Gasteiger partial charge is 0.319 e. The molecule has 4 aromatic rings. The molecule has 2 N–H and O–H groups in total. The molecular formula is C34H34ClF4N7O2. The number of fused-ring (bicyclic) bond motifs is 1. The number of anilines is 2. The van der Waals surface area contributed by atoms with Crippen molar-refractivity contribution in [2.75, 3.05) is 43.5 Å². The molecule has 252 valence electrons. The number of aromatic nitrogens is 4. The van der Waals surface area contributed by atoms with Crippen molar-refractivity contribution in [1.82, 2.24) is 24.8 Å². The minimum absolute atomic E-state index is 0.00309. The first kappa shape index (κ1) is 31.3. The summed E-state index contributed by atoms with van der Waals surface area (Å²) < 4.78 is 72.0. The van der Waals surface area contributed by atoms with Gasteiger partial charge in [-0.25, -0.2) is 27.5 Å². The summed E-state index contributed by atoms with van der Waals surface area (Å²) in [5.74, 6) is -0.127. The molecule has 4 aliphatic rings. The first-order valence-electron chi connectivity index (χ1n) is 16.3. The second kappa shape index (κ2) is 11.9. The van der Waals surface area contributed by atoms with E-state index < -0.39 is 24.0 Å². The van der Waals surface area contributed by atoms with Crippen LogP contribution < -0.4 is 20.1 Å². The van der Waals surface area contributed by atoms with E-state index in [4.69, 9.17) is 31.8 Å². The highest BCUT2D eigenvalue weighted by Gasteiger charge is 2.49. The van der Waals surface area contributed by atoms with Crippen molar-refractivity contribution in [3.63, 3.8) is 0 Å². The van der Waals surface area contributed by atoms with E-state index in [1.807, 2.05) is 17.9 Å². The van der Waals surface area contributed by atoms with Gasteiger partial charge in [0.05, 0.1) is 18.1 Å². The Kier molecular flexibility index (Phi) is 7.74. The predicted molar refractivity (Wildman–Crippen MR) is 173 cm³/mol. The maximum absolute atomic E-state index is 17.0.